The van der Waals surface area contributed by atoms with E-state index in [4.69, 9.17) is 11.6 Å². The van der Waals surface area contributed by atoms with Crippen molar-refractivity contribution in [2.24, 2.45) is 5.92 Å². The van der Waals surface area contributed by atoms with Crippen molar-refractivity contribution < 1.29 is 0 Å². The predicted molar refractivity (Wildman–Crippen MR) is 76.2 cm³/mol. The van der Waals surface area contributed by atoms with Gasteiger partial charge in [0, 0.05) is 18.0 Å². The molecular weight excluding hydrogens is 246 g/mol. The highest BCUT2D eigenvalue weighted by molar-refractivity contribution is 6.29. The van der Waals surface area contributed by atoms with Crippen molar-refractivity contribution in [3.8, 4) is 0 Å². The minimum Gasteiger partial charge on any atom is -0.367 e. The highest BCUT2D eigenvalue weighted by Crippen LogP contribution is 2.26. The van der Waals surface area contributed by atoms with Crippen molar-refractivity contribution >= 4 is 17.4 Å². The molecule has 1 N–H and O–H groups in total. The van der Waals surface area contributed by atoms with Crippen LogP contribution in [0.4, 0.5) is 5.82 Å². The topological polar surface area (TPSA) is 37.8 Å². The lowest BCUT2D eigenvalue weighted by Crippen LogP contribution is -2.26. The first-order valence-electron chi connectivity index (χ1n) is 6.85. The summed E-state index contributed by atoms with van der Waals surface area (Å²) in [6, 6.07) is 2.35. The highest BCUT2D eigenvalue weighted by Gasteiger charge is 2.19. The van der Waals surface area contributed by atoms with Crippen LogP contribution < -0.4 is 5.32 Å². The fourth-order valence-corrected chi connectivity index (χ4v) is 2.73. The minimum absolute atomic E-state index is 0.300. The predicted octanol–water partition coefficient (Wildman–Crippen LogP) is 4.24. The Morgan fingerprint density at radius 1 is 1.33 bits per heavy atom. The van der Waals surface area contributed by atoms with E-state index in [0.29, 0.717) is 17.1 Å². The largest absolute Gasteiger partial charge is 0.367 e. The van der Waals surface area contributed by atoms with Gasteiger partial charge in [0.05, 0.1) is 0 Å². The van der Waals surface area contributed by atoms with Crippen molar-refractivity contribution in [1.82, 2.24) is 9.97 Å². The summed E-state index contributed by atoms with van der Waals surface area (Å²) in [6.45, 7) is 6.48. The normalized spacial score (nSPS) is 24.3. The summed E-state index contributed by atoms with van der Waals surface area (Å²) in [7, 11) is 0. The van der Waals surface area contributed by atoms with Crippen LogP contribution in [0, 0.1) is 5.92 Å². The third kappa shape index (κ3) is 3.58. The maximum atomic E-state index is 6.05. The molecule has 0 aliphatic heterocycles. The molecule has 2 unspecified atom stereocenters. The Balaban J connectivity index is 2.08. The van der Waals surface area contributed by atoms with Crippen molar-refractivity contribution in [2.75, 3.05) is 5.32 Å². The van der Waals surface area contributed by atoms with Gasteiger partial charge in [-0.1, -0.05) is 45.2 Å². The van der Waals surface area contributed by atoms with Gasteiger partial charge in [-0.05, 0) is 18.8 Å². The fourth-order valence-electron chi connectivity index (χ4n) is 2.54. The van der Waals surface area contributed by atoms with E-state index in [0.717, 1.165) is 17.6 Å². The van der Waals surface area contributed by atoms with Gasteiger partial charge in [0.1, 0.15) is 16.8 Å². The number of aromatic nitrogens is 2. The molecule has 1 heterocycles. The molecule has 100 valence electrons. The second-order valence-electron chi connectivity index (χ2n) is 5.70. The average Bonchev–Trinajstić information content (AvgIpc) is 2.28. The third-order valence-electron chi connectivity index (χ3n) is 3.52. The second kappa shape index (κ2) is 5.87. The molecule has 1 aliphatic carbocycles. The molecule has 2 rings (SSSR count). The molecule has 0 amide bonds. The lowest BCUT2D eigenvalue weighted by Gasteiger charge is -2.28. The molecule has 2 atom stereocenters. The molecular formula is C14H22ClN3. The average molecular weight is 268 g/mol. The molecule has 1 aromatic heterocycles. The number of rotatable bonds is 3. The molecule has 0 spiro atoms. The summed E-state index contributed by atoms with van der Waals surface area (Å²) in [5.74, 6) is 2.79. The summed E-state index contributed by atoms with van der Waals surface area (Å²) in [4.78, 5) is 8.80. The van der Waals surface area contributed by atoms with Crippen molar-refractivity contribution in [3.05, 3.63) is 17.0 Å². The fraction of sp³-hybridized carbons (Fsp3) is 0.714. The van der Waals surface area contributed by atoms with Gasteiger partial charge in [0.25, 0.3) is 0 Å². The van der Waals surface area contributed by atoms with Gasteiger partial charge < -0.3 is 5.32 Å². The van der Waals surface area contributed by atoms with Crippen LogP contribution in [0.25, 0.3) is 0 Å². The maximum Gasteiger partial charge on any atom is 0.135 e. The quantitative estimate of drug-likeness (QED) is 0.832. The third-order valence-corrected chi connectivity index (χ3v) is 3.71. The van der Waals surface area contributed by atoms with Gasteiger partial charge >= 0.3 is 0 Å². The molecule has 0 saturated heterocycles. The number of nitrogens with one attached hydrogen (secondary N) is 1. The zero-order valence-corrected chi connectivity index (χ0v) is 12.2. The van der Waals surface area contributed by atoms with Crippen LogP contribution in [0.3, 0.4) is 0 Å². The van der Waals surface area contributed by atoms with Crippen LogP contribution in [0.2, 0.25) is 5.15 Å². The van der Waals surface area contributed by atoms with Crippen LogP contribution in [0.15, 0.2) is 6.07 Å². The number of nitrogens with zero attached hydrogens (tertiary/aromatic N) is 2. The van der Waals surface area contributed by atoms with E-state index >= 15 is 0 Å². The number of anilines is 1. The Morgan fingerprint density at radius 3 is 2.78 bits per heavy atom. The first kappa shape index (κ1) is 13.6. The van der Waals surface area contributed by atoms with E-state index in [1.807, 2.05) is 6.07 Å². The lowest BCUT2D eigenvalue weighted by molar-refractivity contribution is 0.358. The molecule has 1 saturated carbocycles. The molecule has 4 heteroatoms. The van der Waals surface area contributed by atoms with Gasteiger partial charge in [-0.2, -0.15) is 0 Å². The minimum atomic E-state index is 0.300. The standard InChI is InChI=1S/C14H22ClN3/c1-9(2)14-17-12(15)8-13(18-14)16-11-6-4-5-10(3)7-11/h8-11H,4-7H2,1-3H3,(H,16,17,18). The van der Waals surface area contributed by atoms with E-state index in [1.165, 1.54) is 25.7 Å². The van der Waals surface area contributed by atoms with E-state index in [1.54, 1.807) is 0 Å². The maximum absolute atomic E-state index is 6.05. The van der Waals surface area contributed by atoms with Crippen LogP contribution in [0.5, 0.6) is 0 Å². The Bertz CT molecular complexity index is 406. The number of halogens is 1. The molecule has 1 aromatic rings. The first-order chi connectivity index (χ1) is 8.54. The molecule has 3 nitrogen and oxygen atoms in total. The van der Waals surface area contributed by atoms with E-state index in [-0.39, 0.29) is 0 Å². The van der Waals surface area contributed by atoms with Gasteiger partial charge in [-0.3, -0.25) is 0 Å². The summed E-state index contributed by atoms with van der Waals surface area (Å²) >= 11 is 6.05. The monoisotopic (exact) mass is 267 g/mol. The summed E-state index contributed by atoms with van der Waals surface area (Å²) < 4.78 is 0. The Kier molecular flexibility index (Phi) is 4.44. The Hall–Kier alpha value is -0.830. The van der Waals surface area contributed by atoms with Crippen LogP contribution in [-0.2, 0) is 0 Å². The van der Waals surface area contributed by atoms with Crippen molar-refractivity contribution in [3.63, 3.8) is 0 Å². The van der Waals surface area contributed by atoms with E-state index < -0.39 is 0 Å². The second-order valence-corrected chi connectivity index (χ2v) is 6.09. The smallest absolute Gasteiger partial charge is 0.135 e. The van der Waals surface area contributed by atoms with Crippen LogP contribution >= 0.6 is 11.6 Å². The molecule has 0 aromatic carbocycles. The van der Waals surface area contributed by atoms with Crippen LogP contribution in [-0.4, -0.2) is 16.0 Å². The Morgan fingerprint density at radius 2 is 2.11 bits per heavy atom. The SMILES string of the molecule is CC1CCCC(Nc2cc(Cl)nc(C(C)C)n2)C1. The molecule has 18 heavy (non-hydrogen) atoms. The highest BCUT2D eigenvalue weighted by atomic mass is 35.5. The van der Waals surface area contributed by atoms with Crippen molar-refractivity contribution in [2.45, 2.75) is 58.4 Å². The number of hydrogen-bond donors (Lipinski definition) is 1. The van der Waals surface area contributed by atoms with Crippen molar-refractivity contribution in [1.29, 1.82) is 0 Å². The van der Waals surface area contributed by atoms with E-state index in [9.17, 15) is 0 Å². The molecule has 0 bridgehead atoms. The lowest BCUT2D eigenvalue weighted by atomic mass is 9.87. The van der Waals surface area contributed by atoms with Gasteiger partial charge in [0.2, 0.25) is 0 Å². The summed E-state index contributed by atoms with van der Waals surface area (Å²) in [5.41, 5.74) is 0. The molecule has 1 aliphatic rings. The molecule has 0 radical (unpaired) electrons. The summed E-state index contributed by atoms with van der Waals surface area (Å²) in [5, 5.41) is 4.04. The van der Waals surface area contributed by atoms with Gasteiger partial charge in [-0.15, -0.1) is 0 Å². The zero-order valence-electron chi connectivity index (χ0n) is 11.4. The first-order valence-corrected chi connectivity index (χ1v) is 7.23. The summed E-state index contributed by atoms with van der Waals surface area (Å²) in [6.07, 6.45) is 5.09. The zero-order chi connectivity index (χ0) is 13.1. The van der Waals surface area contributed by atoms with Gasteiger partial charge in [0.15, 0.2) is 0 Å². The molecule has 1 fully saturated rings. The number of hydrogen-bond acceptors (Lipinski definition) is 3. The van der Waals surface area contributed by atoms with Crippen LogP contribution in [0.1, 0.15) is 58.2 Å². The van der Waals surface area contributed by atoms with Gasteiger partial charge in [-0.25, -0.2) is 9.97 Å². The Labute approximate surface area is 114 Å². The van der Waals surface area contributed by atoms with E-state index in [2.05, 4.69) is 36.1 Å².